The van der Waals surface area contributed by atoms with Crippen LogP contribution in [0.5, 0.6) is 0 Å². The van der Waals surface area contributed by atoms with Crippen LogP contribution >= 0.6 is 0 Å². The molecule has 1 fully saturated rings. The molecule has 3 rings (SSSR count). The minimum absolute atomic E-state index is 0.100. The van der Waals surface area contributed by atoms with Crippen LogP contribution in [0, 0.1) is 20.8 Å². The van der Waals surface area contributed by atoms with Gasteiger partial charge in [0.25, 0.3) is 5.91 Å². The number of hydrogen-bond acceptors (Lipinski definition) is 4. The molecule has 3 heterocycles. The molecule has 0 aliphatic carbocycles. The van der Waals surface area contributed by atoms with E-state index in [4.69, 9.17) is 4.52 Å². The topological polar surface area (TPSA) is 63.3 Å². The van der Waals surface area contributed by atoms with Gasteiger partial charge in [-0.1, -0.05) is 5.16 Å². The molecule has 0 atom stereocenters. The van der Waals surface area contributed by atoms with Crippen LogP contribution in [-0.2, 0) is 0 Å². The molecule has 2 aromatic rings. The Labute approximate surface area is 130 Å². The molecule has 1 aliphatic rings. The van der Waals surface area contributed by atoms with E-state index in [2.05, 4.69) is 10.5 Å². The number of carbonyl (C=O) groups is 1. The minimum Gasteiger partial charge on any atom is -0.360 e. The lowest BCUT2D eigenvalue weighted by Crippen LogP contribution is -2.34. The van der Waals surface area contributed by atoms with Gasteiger partial charge in [0.1, 0.15) is 5.76 Å². The molecule has 118 valence electrons. The molecule has 6 nitrogen and oxygen atoms in total. The quantitative estimate of drug-likeness (QED) is 0.919. The number of amides is 1. The standard InChI is InChI=1S/C16H22N4O2/c1-11-9-14(16(21)19-7-4-5-17-6-8-19)13(3)20(11)15-10-12(2)22-18-15/h9-10,17H,4-8H2,1-3H3. The molecule has 0 spiro atoms. The van der Waals surface area contributed by atoms with E-state index < -0.39 is 0 Å². The molecule has 1 saturated heterocycles. The molecule has 22 heavy (non-hydrogen) atoms. The first-order valence-corrected chi connectivity index (χ1v) is 7.70. The number of aryl methyl sites for hydroxylation is 2. The first kappa shape index (κ1) is 14.8. The highest BCUT2D eigenvalue weighted by Gasteiger charge is 2.23. The smallest absolute Gasteiger partial charge is 0.255 e. The van der Waals surface area contributed by atoms with E-state index in [0.29, 0.717) is 0 Å². The van der Waals surface area contributed by atoms with E-state index in [0.717, 1.165) is 61.1 Å². The zero-order chi connectivity index (χ0) is 15.7. The summed E-state index contributed by atoms with van der Waals surface area (Å²) in [6, 6.07) is 3.82. The van der Waals surface area contributed by atoms with Crippen LogP contribution in [0.2, 0.25) is 0 Å². The summed E-state index contributed by atoms with van der Waals surface area (Å²) >= 11 is 0. The lowest BCUT2D eigenvalue weighted by Gasteiger charge is -2.19. The van der Waals surface area contributed by atoms with Crippen molar-refractivity contribution in [2.75, 3.05) is 26.2 Å². The fourth-order valence-corrected chi connectivity index (χ4v) is 3.01. The third kappa shape index (κ3) is 2.66. The van der Waals surface area contributed by atoms with Crippen molar-refractivity contribution in [2.24, 2.45) is 0 Å². The number of hydrogen-bond donors (Lipinski definition) is 1. The van der Waals surface area contributed by atoms with Gasteiger partial charge in [-0.15, -0.1) is 0 Å². The van der Waals surface area contributed by atoms with Crippen molar-refractivity contribution in [1.29, 1.82) is 0 Å². The Hall–Kier alpha value is -2.08. The molecule has 0 bridgehead atoms. The second-order valence-electron chi connectivity index (χ2n) is 5.81. The number of nitrogens with one attached hydrogen (secondary N) is 1. The zero-order valence-corrected chi connectivity index (χ0v) is 13.3. The Bertz CT molecular complexity index is 678. The highest BCUT2D eigenvalue weighted by atomic mass is 16.5. The Kier molecular flexibility index (Phi) is 4.02. The second kappa shape index (κ2) is 5.96. The molecule has 0 unspecified atom stereocenters. The van der Waals surface area contributed by atoms with Crippen LogP contribution in [0.3, 0.4) is 0 Å². The third-order valence-corrected chi connectivity index (χ3v) is 4.13. The fourth-order valence-electron chi connectivity index (χ4n) is 3.01. The molecule has 6 heteroatoms. The Morgan fingerprint density at radius 1 is 1.23 bits per heavy atom. The van der Waals surface area contributed by atoms with E-state index in [1.54, 1.807) is 0 Å². The van der Waals surface area contributed by atoms with Gasteiger partial charge in [-0.2, -0.15) is 0 Å². The van der Waals surface area contributed by atoms with Gasteiger partial charge in [0.15, 0.2) is 5.82 Å². The Morgan fingerprint density at radius 3 is 2.77 bits per heavy atom. The van der Waals surface area contributed by atoms with Crippen molar-refractivity contribution in [3.63, 3.8) is 0 Å². The van der Waals surface area contributed by atoms with Crippen molar-refractivity contribution in [2.45, 2.75) is 27.2 Å². The van der Waals surface area contributed by atoms with Crippen LogP contribution in [-0.4, -0.2) is 46.7 Å². The summed E-state index contributed by atoms with van der Waals surface area (Å²) in [6.45, 7) is 9.19. The molecule has 2 aromatic heterocycles. The van der Waals surface area contributed by atoms with Crippen molar-refractivity contribution >= 4 is 5.91 Å². The van der Waals surface area contributed by atoms with Gasteiger partial charge in [-0.25, -0.2) is 0 Å². The van der Waals surface area contributed by atoms with Gasteiger partial charge < -0.3 is 14.7 Å². The summed E-state index contributed by atoms with van der Waals surface area (Å²) in [7, 11) is 0. The van der Waals surface area contributed by atoms with Crippen LogP contribution in [0.15, 0.2) is 16.7 Å². The maximum Gasteiger partial charge on any atom is 0.255 e. The highest BCUT2D eigenvalue weighted by molar-refractivity contribution is 5.96. The summed E-state index contributed by atoms with van der Waals surface area (Å²) < 4.78 is 7.13. The van der Waals surface area contributed by atoms with E-state index in [9.17, 15) is 4.79 Å². The van der Waals surface area contributed by atoms with Gasteiger partial charge in [0.05, 0.1) is 5.56 Å². The predicted molar refractivity (Wildman–Crippen MR) is 83.4 cm³/mol. The maximum absolute atomic E-state index is 12.8. The van der Waals surface area contributed by atoms with Gasteiger partial charge in [-0.05, 0) is 39.8 Å². The monoisotopic (exact) mass is 302 g/mol. The minimum atomic E-state index is 0.100. The number of aromatic nitrogens is 2. The van der Waals surface area contributed by atoms with Gasteiger partial charge >= 0.3 is 0 Å². The lowest BCUT2D eigenvalue weighted by atomic mass is 10.2. The lowest BCUT2D eigenvalue weighted by molar-refractivity contribution is 0.0765. The van der Waals surface area contributed by atoms with Crippen LogP contribution in [0.1, 0.15) is 33.9 Å². The SMILES string of the molecule is Cc1cc(-n2c(C)cc(C(=O)N3CCCNCC3)c2C)no1. The Morgan fingerprint density at radius 2 is 2.05 bits per heavy atom. The van der Waals surface area contributed by atoms with Crippen LogP contribution < -0.4 is 5.32 Å². The van der Waals surface area contributed by atoms with Crippen molar-refractivity contribution in [3.8, 4) is 5.82 Å². The van der Waals surface area contributed by atoms with Crippen molar-refractivity contribution in [1.82, 2.24) is 19.9 Å². The van der Waals surface area contributed by atoms with Crippen molar-refractivity contribution in [3.05, 3.63) is 34.8 Å². The van der Waals surface area contributed by atoms with Gasteiger partial charge in [0.2, 0.25) is 0 Å². The average molecular weight is 302 g/mol. The summed E-state index contributed by atoms with van der Waals surface area (Å²) in [5.41, 5.74) is 2.65. The normalized spacial score (nSPS) is 15.9. The first-order chi connectivity index (χ1) is 10.6. The van der Waals surface area contributed by atoms with Crippen LogP contribution in [0.4, 0.5) is 0 Å². The molecule has 1 aliphatic heterocycles. The van der Waals surface area contributed by atoms with E-state index in [1.807, 2.05) is 42.4 Å². The highest BCUT2D eigenvalue weighted by Crippen LogP contribution is 2.22. The number of nitrogens with zero attached hydrogens (tertiary/aromatic N) is 3. The second-order valence-corrected chi connectivity index (χ2v) is 5.81. The largest absolute Gasteiger partial charge is 0.360 e. The summed E-state index contributed by atoms with van der Waals surface area (Å²) in [4.78, 5) is 14.7. The molecule has 0 radical (unpaired) electrons. The number of rotatable bonds is 2. The summed E-state index contributed by atoms with van der Waals surface area (Å²) in [6.07, 6.45) is 0.993. The van der Waals surface area contributed by atoms with E-state index in [-0.39, 0.29) is 5.91 Å². The fraction of sp³-hybridized carbons (Fsp3) is 0.500. The maximum atomic E-state index is 12.8. The van der Waals surface area contributed by atoms with Crippen LogP contribution in [0.25, 0.3) is 5.82 Å². The molecule has 0 aromatic carbocycles. The average Bonchev–Trinajstić information content (AvgIpc) is 2.90. The van der Waals surface area contributed by atoms with E-state index >= 15 is 0 Å². The summed E-state index contributed by atoms with van der Waals surface area (Å²) in [5, 5.41) is 7.38. The molecular weight excluding hydrogens is 280 g/mol. The zero-order valence-electron chi connectivity index (χ0n) is 13.3. The van der Waals surface area contributed by atoms with Gasteiger partial charge in [0, 0.05) is 37.1 Å². The Balaban J connectivity index is 1.93. The third-order valence-electron chi connectivity index (χ3n) is 4.13. The van der Waals surface area contributed by atoms with E-state index in [1.165, 1.54) is 0 Å². The van der Waals surface area contributed by atoms with Gasteiger partial charge in [-0.3, -0.25) is 9.36 Å². The molecule has 0 saturated carbocycles. The number of carbonyl (C=O) groups excluding carboxylic acids is 1. The van der Waals surface area contributed by atoms with Crippen molar-refractivity contribution < 1.29 is 9.32 Å². The predicted octanol–water partition coefficient (Wildman–Crippen LogP) is 1.83. The molecular formula is C16H22N4O2. The first-order valence-electron chi connectivity index (χ1n) is 7.70. The molecule has 1 amide bonds. The molecule has 1 N–H and O–H groups in total. The summed E-state index contributed by atoms with van der Waals surface area (Å²) in [5.74, 6) is 1.58.